The first-order valence-corrected chi connectivity index (χ1v) is 9.41. The Bertz CT molecular complexity index is 572. The number of nitrogens with one attached hydrogen (secondary N) is 2. The summed E-state index contributed by atoms with van der Waals surface area (Å²) in [5, 5.41) is 16.6. The van der Waals surface area contributed by atoms with Crippen molar-refractivity contribution in [3.63, 3.8) is 0 Å². The fourth-order valence-electron chi connectivity index (χ4n) is 2.41. The fraction of sp³-hybridized carbons (Fsp3) is 0.632. The van der Waals surface area contributed by atoms with Crippen molar-refractivity contribution in [1.82, 2.24) is 10.6 Å². The Hall–Kier alpha value is -1.20. The molecule has 3 N–H and O–H groups in total. The van der Waals surface area contributed by atoms with Crippen LogP contribution in [0.15, 0.2) is 29.3 Å². The minimum atomic E-state index is -2.86. The summed E-state index contributed by atoms with van der Waals surface area (Å²) in [7, 11) is 0. The summed E-state index contributed by atoms with van der Waals surface area (Å²) >= 11 is 0. The first-order chi connectivity index (χ1) is 13.1. The van der Waals surface area contributed by atoms with E-state index < -0.39 is 12.7 Å². The Morgan fingerprint density at radius 3 is 2.57 bits per heavy atom. The molecule has 6 nitrogen and oxygen atoms in total. The number of hydrogen-bond donors (Lipinski definition) is 3. The third kappa shape index (κ3) is 10.4. The highest BCUT2D eigenvalue weighted by molar-refractivity contribution is 14.0. The SMILES string of the molecule is CCNC(=NCC(O)c1ccc(OC(F)F)cc1)NCCCOCC1CC1.I. The molecule has 0 aromatic heterocycles. The molecule has 1 aliphatic carbocycles. The van der Waals surface area contributed by atoms with E-state index in [1.165, 1.54) is 25.0 Å². The molecule has 1 aromatic rings. The van der Waals surface area contributed by atoms with Gasteiger partial charge in [0, 0.05) is 26.3 Å². The van der Waals surface area contributed by atoms with Gasteiger partial charge < -0.3 is 25.2 Å². The second-order valence-corrected chi connectivity index (χ2v) is 6.48. The second-order valence-electron chi connectivity index (χ2n) is 6.48. The molecule has 1 fully saturated rings. The van der Waals surface area contributed by atoms with Crippen molar-refractivity contribution in [2.45, 2.75) is 38.9 Å². The van der Waals surface area contributed by atoms with Crippen molar-refractivity contribution in [3.8, 4) is 5.75 Å². The molecule has 0 amide bonds. The normalized spacial score (nSPS) is 15.1. The molecular formula is C19H30F2IN3O3. The molecule has 1 atom stereocenters. The van der Waals surface area contributed by atoms with Crippen LogP contribution in [0.2, 0.25) is 0 Å². The van der Waals surface area contributed by atoms with Crippen LogP contribution in [0.3, 0.4) is 0 Å². The van der Waals surface area contributed by atoms with Gasteiger partial charge in [-0.05, 0) is 49.8 Å². The van der Waals surface area contributed by atoms with Crippen LogP contribution in [-0.4, -0.2) is 50.5 Å². The summed E-state index contributed by atoms with van der Waals surface area (Å²) in [6.07, 6.45) is 2.63. The average molecular weight is 513 g/mol. The molecule has 0 heterocycles. The largest absolute Gasteiger partial charge is 0.435 e. The quantitative estimate of drug-likeness (QED) is 0.173. The van der Waals surface area contributed by atoms with Crippen LogP contribution >= 0.6 is 24.0 Å². The number of benzene rings is 1. The molecule has 0 spiro atoms. The van der Waals surface area contributed by atoms with Gasteiger partial charge in [0.25, 0.3) is 0 Å². The molecule has 28 heavy (non-hydrogen) atoms. The Morgan fingerprint density at radius 2 is 1.96 bits per heavy atom. The molecule has 0 bridgehead atoms. The highest BCUT2D eigenvalue weighted by Crippen LogP contribution is 2.28. The monoisotopic (exact) mass is 513 g/mol. The van der Waals surface area contributed by atoms with Crippen molar-refractivity contribution in [1.29, 1.82) is 0 Å². The highest BCUT2D eigenvalue weighted by Gasteiger charge is 2.20. The number of ether oxygens (including phenoxy) is 2. The average Bonchev–Trinajstić information content (AvgIpc) is 3.46. The topological polar surface area (TPSA) is 75.1 Å². The summed E-state index contributed by atoms with van der Waals surface area (Å²) in [4.78, 5) is 4.37. The fourth-order valence-corrected chi connectivity index (χ4v) is 2.41. The van der Waals surface area contributed by atoms with Crippen molar-refractivity contribution in [3.05, 3.63) is 29.8 Å². The third-order valence-corrected chi connectivity index (χ3v) is 4.06. The van der Waals surface area contributed by atoms with E-state index in [2.05, 4.69) is 20.4 Å². The van der Waals surface area contributed by atoms with E-state index in [-0.39, 0.29) is 36.3 Å². The summed E-state index contributed by atoms with van der Waals surface area (Å²) < 4.78 is 34.2. The Balaban J connectivity index is 0.00000392. The van der Waals surface area contributed by atoms with Crippen LogP contribution in [-0.2, 0) is 4.74 Å². The molecule has 2 rings (SSSR count). The van der Waals surface area contributed by atoms with Gasteiger partial charge in [-0.15, -0.1) is 24.0 Å². The predicted molar refractivity (Wildman–Crippen MR) is 116 cm³/mol. The number of hydrogen-bond acceptors (Lipinski definition) is 4. The minimum Gasteiger partial charge on any atom is -0.435 e. The lowest BCUT2D eigenvalue weighted by Gasteiger charge is -2.14. The van der Waals surface area contributed by atoms with Gasteiger partial charge >= 0.3 is 6.61 Å². The number of aliphatic hydroxyl groups excluding tert-OH is 1. The van der Waals surface area contributed by atoms with Crippen molar-refractivity contribution in [2.75, 3.05) is 32.8 Å². The van der Waals surface area contributed by atoms with Crippen LogP contribution in [0.25, 0.3) is 0 Å². The van der Waals surface area contributed by atoms with Crippen molar-refractivity contribution in [2.24, 2.45) is 10.9 Å². The first kappa shape index (κ1) is 24.8. The molecule has 9 heteroatoms. The van der Waals surface area contributed by atoms with Gasteiger partial charge in [0.05, 0.1) is 12.6 Å². The van der Waals surface area contributed by atoms with Crippen molar-refractivity contribution >= 4 is 29.9 Å². The summed E-state index contributed by atoms with van der Waals surface area (Å²) in [5.41, 5.74) is 0.588. The van der Waals surface area contributed by atoms with Gasteiger partial charge in [0.15, 0.2) is 5.96 Å². The molecule has 160 valence electrons. The van der Waals surface area contributed by atoms with Gasteiger partial charge in [0.1, 0.15) is 5.75 Å². The molecule has 0 radical (unpaired) electrons. The van der Waals surface area contributed by atoms with Crippen LogP contribution < -0.4 is 15.4 Å². The van der Waals surface area contributed by atoms with Gasteiger partial charge in [-0.2, -0.15) is 8.78 Å². The number of alkyl halides is 2. The predicted octanol–water partition coefficient (Wildman–Crippen LogP) is 3.31. The van der Waals surface area contributed by atoms with E-state index in [1.54, 1.807) is 12.1 Å². The molecule has 1 unspecified atom stereocenters. The van der Waals surface area contributed by atoms with E-state index in [0.717, 1.165) is 32.1 Å². The summed E-state index contributed by atoms with van der Waals surface area (Å²) in [5.74, 6) is 1.45. The van der Waals surface area contributed by atoms with Crippen LogP contribution in [0, 0.1) is 5.92 Å². The number of aliphatic imine (C=N–C) groups is 1. The molecule has 1 aliphatic rings. The van der Waals surface area contributed by atoms with E-state index in [1.807, 2.05) is 6.92 Å². The van der Waals surface area contributed by atoms with Crippen molar-refractivity contribution < 1.29 is 23.4 Å². The number of nitrogens with zero attached hydrogens (tertiary/aromatic N) is 1. The van der Waals surface area contributed by atoms with E-state index in [0.29, 0.717) is 18.1 Å². The molecule has 1 saturated carbocycles. The van der Waals surface area contributed by atoms with Gasteiger partial charge in [-0.3, -0.25) is 4.99 Å². The summed E-state index contributed by atoms with van der Waals surface area (Å²) in [6, 6.07) is 5.91. The number of aliphatic hydroxyl groups is 1. The zero-order valence-electron chi connectivity index (χ0n) is 16.1. The standard InChI is InChI=1S/C19H29F2N3O3.HI/c1-2-22-19(23-10-3-11-26-13-14-4-5-14)24-12-17(25)15-6-8-16(9-7-15)27-18(20)21;/h6-9,14,17-18,25H,2-5,10-13H2,1H3,(H2,22,23,24);1H. The lowest BCUT2D eigenvalue weighted by atomic mass is 10.1. The van der Waals surface area contributed by atoms with E-state index >= 15 is 0 Å². The van der Waals surface area contributed by atoms with E-state index in [9.17, 15) is 13.9 Å². The van der Waals surface area contributed by atoms with E-state index in [4.69, 9.17) is 4.74 Å². The highest BCUT2D eigenvalue weighted by atomic mass is 127. The molecule has 0 saturated heterocycles. The molecule has 0 aliphatic heterocycles. The smallest absolute Gasteiger partial charge is 0.387 e. The zero-order chi connectivity index (χ0) is 19.5. The first-order valence-electron chi connectivity index (χ1n) is 9.41. The maximum atomic E-state index is 12.2. The van der Waals surface area contributed by atoms with Crippen LogP contribution in [0.1, 0.15) is 37.9 Å². The minimum absolute atomic E-state index is 0. The number of halogens is 3. The maximum Gasteiger partial charge on any atom is 0.387 e. The third-order valence-electron chi connectivity index (χ3n) is 4.06. The molecular weight excluding hydrogens is 483 g/mol. The number of guanidine groups is 1. The Labute approximate surface area is 182 Å². The Morgan fingerprint density at radius 1 is 1.25 bits per heavy atom. The zero-order valence-corrected chi connectivity index (χ0v) is 18.4. The maximum absolute atomic E-state index is 12.2. The van der Waals surface area contributed by atoms with Crippen LogP contribution in [0.4, 0.5) is 8.78 Å². The summed E-state index contributed by atoms with van der Waals surface area (Å²) in [6.45, 7) is 2.28. The van der Waals surface area contributed by atoms with Gasteiger partial charge in [-0.25, -0.2) is 0 Å². The second kappa shape index (κ2) is 13.9. The number of rotatable bonds is 12. The van der Waals surface area contributed by atoms with Gasteiger partial charge in [-0.1, -0.05) is 12.1 Å². The van der Waals surface area contributed by atoms with Crippen LogP contribution in [0.5, 0.6) is 5.75 Å². The Kier molecular flexibility index (Phi) is 12.3. The lowest BCUT2D eigenvalue weighted by Crippen LogP contribution is -2.38. The van der Waals surface area contributed by atoms with Gasteiger partial charge in [0.2, 0.25) is 0 Å². The molecule has 1 aromatic carbocycles. The lowest BCUT2D eigenvalue weighted by molar-refractivity contribution is -0.0498.